The lowest BCUT2D eigenvalue weighted by atomic mass is 9.61. The van der Waals surface area contributed by atoms with Crippen LogP contribution in [-0.2, 0) is 23.8 Å². The molecule has 0 fully saturated rings. The summed E-state index contributed by atoms with van der Waals surface area (Å²) in [5.41, 5.74) is 0.858. The molecule has 0 amide bonds. The number of ether oxygens (including phenoxy) is 3. The third kappa shape index (κ3) is 24.5. The molecule has 0 heterocycles. The van der Waals surface area contributed by atoms with E-state index in [1.165, 1.54) is 11.8 Å². The SMILES string of the molecule is CC(CN(CCN(C)C(C)(C)C)C(C)(C)C)OCCOC(=O)CCCC(=O)SCCOCC(CC(C)(C)C)(CC(C)(C)C)CC(C)(C)C. The predicted octanol–water partition coefficient (Wildman–Crippen LogP) is 9.51. The first kappa shape index (κ1) is 47.3. The molecule has 0 radical (unpaired) electrons. The third-order valence-electron chi connectivity index (χ3n) is 8.40. The van der Waals surface area contributed by atoms with Crippen LogP contribution < -0.4 is 0 Å². The highest BCUT2D eigenvalue weighted by Crippen LogP contribution is 2.49. The second kappa shape index (κ2) is 20.4. The number of carbonyl (C=O) groups is 2. The lowest BCUT2D eigenvalue weighted by molar-refractivity contribution is -0.146. The minimum Gasteiger partial charge on any atom is -0.463 e. The fourth-order valence-corrected chi connectivity index (χ4v) is 7.53. The summed E-state index contributed by atoms with van der Waals surface area (Å²) in [6.45, 7) is 41.0. The van der Waals surface area contributed by atoms with Gasteiger partial charge in [0, 0.05) is 49.3 Å². The summed E-state index contributed by atoms with van der Waals surface area (Å²) in [5.74, 6) is 0.358. The maximum Gasteiger partial charge on any atom is 0.305 e. The first-order valence-electron chi connectivity index (χ1n) is 18.5. The van der Waals surface area contributed by atoms with Gasteiger partial charge in [-0.05, 0) is 103 Å². The lowest BCUT2D eigenvalue weighted by Crippen LogP contribution is -2.50. The van der Waals surface area contributed by atoms with Gasteiger partial charge in [0.25, 0.3) is 0 Å². The van der Waals surface area contributed by atoms with Crippen molar-refractivity contribution in [1.82, 2.24) is 9.80 Å². The van der Waals surface area contributed by atoms with E-state index >= 15 is 0 Å². The van der Waals surface area contributed by atoms with Crippen molar-refractivity contribution >= 4 is 22.8 Å². The zero-order valence-corrected chi connectivity index (χ0v) is 35.6. The molecule has 0 aromatic carbocycles. The lowest BCUT2D eigenvalue weighted by Gasteiger charge is -2.46. The molecule has 7 nitrogen and oxygen atoms in total. The molecule has 0 aliphatic carbocycles. The van der Waals surface area contributed by atoms with Crippen molar-refractivity contribution < 1.29 is 23.8 Å². The second-order valence-corrected chi connectivity index (χ2v) is 21.1. The molecular weight excluding hydrogens is 621 g/mol. The molecule has 0 aromatic rings. The Labute approximate surface area is 302 Å². The minimum atomic E-state index is -0.276. The van der Waals surface area contributed by atoms with Gasteiger partial charge < -0.3 is 19.1 Å². The van der Waals surface area contributed by atoms with E-state index in [1.807, 2.05) is 0 Å². The fraction of sp³-hybridized carbons (Fsp3) is 0.950. The number of hydrogen-bond donors (Lipinski definition) is 0. The van der Waals surface area contributed by atoms with E-state index in [1.54, 1.807) is 0 Å². The highest BCUT2D eigenvalue weighted by atomic mass is 32.2. The molecule has 1 unspecified atom stereocenters. The van der Waals surface area contributed by atoms with Gasteiger partial charge in [0.15, 0.2) is 5.12 Å². The Morgan fingerprint density at radius 3 is 1.67 bits per heavy atom. The molecule has 286 valence electrons. The van der Waals surface area contributed by atoms with Gasteiger partial charge in [-0.2, -0.15) is 0 Å². The topological polar surface area (TPSA) is 68.3 Å². The van der Waals surface area contributed by atoms with Crippen molar-refractivity contribution in [2.45, 2.75) is 166 Å². The normalized spacial score (nSPS) is 14.6. The van der Waals surface area contributed by atoms with Gasteiger partial charge in [0.05, 0.1) is 25.9 Å². The van der Waals surface area contributed by atoms with E-state index in [9.17, 15) is 9.59 Å². The maximum absolute atomic E-state index is 12.5. The van der Waals surface area contributed by atoms with Gasteiger partial charge in [0.2, 0.25) is 0 Å². The molecule has 0 aliphatic rings. The van der Waals surface area contributed by atoms with Gasteiger partial charge in [-0.1, -0.05) is 74.1 Å². The van der Waals surface area contributed by atoms with Crippen molar-refractivity contribution in [3.8, 4) is 0 Å². The molecule has 0 N–H and O–H groups in total. The highest BCUT2D eigenvalue weighted by molar-refractivity contribution is 8.13. The van der Waals surface area contributed by atoms with Crippen molar-refractivity contribution in [3.63, 3.8) is 0 Å². The van der Waals surface area contributed by atoms with Gasteiger partial charge in [-0.3, -0.25) is 14.5 Å². The van der Waals surface area contributed by atoms with Gasteiger partial charge >= 0.3 is 5.97 Å². The van der Waals surface area contributed by atoms with Gasteiger partial charge in [-0.25, -0.2) is 0 Å². The molecule has 1 atom stereocenters. The average molecular weight is 701 g/mol. The fourth-order valence-electron chi connectivity index (χ4n) is 6.81. The summed E-state index contributed by atoms with van der Waals surface area (Å²) in [7, 11) is 2.17. The molecule has 0 saturated carbocycles. The van der Waals surface area contributed by atoms with Gasteiger partial charge in [-0.15, -0.1) is 0 Å². The largest absolute Gasteiger partial charge is 0.463 e. The standard InChI is InChI=1S/C40H80N2O5S/c1-32(27-42(39(14,15)16)22-21-41(17)38(11,12)13)46-23-24-47-33(43)19-18-20-34(44)48-26-25-45-31-40(28-35(2,3)4,29-36(5,6)7)30-37(8,9)10/h32H,18-31H2,1-17H3. The first-order valence-corrected chi connectivity index (χ1v) is 19.5. The molecule has 0 saturated heterocycles. The molecule has 0 spiro atoms. The van der Waals surface area contributed by atoms with Crippen LogP contribution in [0.2, 0.25) is 0 Å². The zero-order valence-electron chi connectivity index (χ0n) is 34.8. The van der Waals surface area contributed by atoms with Crippen molar-refractivity contribution in [3.05, 3.63) is 0 Å². The van der Waals surface area contributed by atoms with E-state index in [0.29, 0.717) is 38.4 Å². The summed E-state index contributed by atoms with van der Waals surface area (Å²) < 4.78 is 17.7. The van der Waals surface area contributed by atoms with Crippen LogP contribution in [0.3, 0.4) is 0 Å². The number of carbonyl (C=O) groups excluding carboxylic acids is 2. The summed E-state index contributed by atoms with van der Waals surface area (Å²) in [4.78, 5) is 29.6. The molecule has 0 rings (SSSR count). The zero-order chi connectivity index (χ0) is 37.6. The molecule has 0 aromatic heterocycles. The number of hydrogen-bond acceptors (Lipinski definition) is 8. The molecule has 48 heavy (non-hydrogen) atoms. The summed E-state index contributed by atoms with van der Waals surface area (Å²) in [6, 6.07) is 0. The van der Waals surface area contributed by atoms with E-state index < -0.39 is 0 Å². The van der Waals surface area contributed by atoms with Gasteiger partial charge in [0.1, 0.15) is 6.61 Å². The molecule has 0 bridgehead atoms. The van der Waals surface area contributed by atoms with Crippen LogP contribution in [-0.4, -0.2) is 96.9 Å². The quantitative estimate of drug-likeness (QED) is 0.0867. The summed E-state index contributed by atoms with van der Waals surface area (Å²) in [6.07, 6.45) is 4.44. The van der Waals surface area contributed by atoms with E-state index in [4.69, 9.17) is 14.2 Å². The number of thioether (sulfide) groups is 1. The Hall–Kier alpha value is -0.670. The number of likely N-dealkylation sites (N-methyl/N-ethyl adjacent to an activating group) is 1. The van der Waals surface area contributed by atoms with Crippen LogP contribution in [0.4, 0.5) is 0 Å². The smallest absolute Gasteiger partial charge is 0.305 e. The van der Waals surface area contributed by atoms with Crippen LogP contribution in [0.1, 0.15) is 149 Å². The number of rotatable bonds is 21. The van der Waals surface area contributed by atoms with Crippen LogP contribution in [0, 0.1) is 21.7 Å². The van der Waals surface area contributed by atoms with E-state index in [-0.39, 0.29) is 63.0 Å². The Kier molecular flexibility index (Phi) is 20.1. The molecular formula is C40H80N2O5S. The third-order valence-corrected chi connectivity index (χ3v) is 9.30. The van der Waals surface area contributed by atoms with Crippen molar-refractivity contribution in [2.75, 3.05) is 58.9 Å². The summed E-state index contributed by atoms with van der Waals surface area (Å²) in [5, 5.41) is 0.103. The van der Waals surface area contributed by atoms with Crippen LogP contribution >= 0.6 is 11.8 Å². The number of nitrogens with zero attached hydrogens (tertiary/aromatic N) is 2. The Morgan fingerprint density at radius 2 is 1.21 bits per heavy atom. The highest BCUT2D eigenvalue weighted by Gasteiger charge is 2.41. The Morgan fingerprint density at radius 1 is 0.688 bits per heavy atom. The Bertz CT molecular complexity index is 878. The first-order chi connectivity index (χ1) is 21.5. The van der Waals surface area contributed by atoms with Crippen LogP contribution in [0.25, 0.3) is 0 Å². The van der Waals surface area contributed by atoms with Crippen molar-refractivity contribution in [1.29, 1.82) is 0 Å². The predicted molar refractivity (Wildman–Crippen MR) is 207 cm³/mol. The maximum atomic E-state index is 12.5. The van der Waals surface area contributed by atoms with E-state index in [0.717, 1.165) is 38.9 Å². The number of esters is 1. The average Bonchev–Trinajstić information content (AvgIpc) is 2.84. The molecule has 0 aliphatic heterocycles. The van der Waals surface area contributed by atoms with Crippen LogP contribution in [0.5, 0.6) is 0 Å². The van der Waals surface area contributed by atoms with Crippen LogP contribution in [0.15, 0.2) is 0 Å². The Balaban J connectivity index is 4.49. The minimum absolute atomic E-state index is 0.0217. The van der Waals surface area contributed by atoms with Crippen molar-refractivity contribution in [2.24, 2.45) is 21.7 Å². The summed E-state index contributed by atoms with van der Waals surface area (Å²) >= 11 is 1.31. The monoisotopic (exact) mass is 701 g/mol. The second-order valence-electron chi connectivity index (χ2n) is 20.0. The molecule has 8 heteroatoms. The van der Waals surface area contributed by atoms with E-state index in [2.05, 4.69) is 128 Å².